The number of nitrogens with one attached hydrogen (secondary N) is 2. The number of hydrogen-bond acceptors (Lipinski definition) is 5. The van der Waals surface area contributed by atoms with E-state index in [1.807, 2.05) is 0 Å². The van der Waals surface area contributed by atoms with Crippen LogP contribution in [-0.4, -0.2) is 44.2 Å². The summed E-state index contributed by atoms with van der Waals surface area (Å²) in [7, 11) is 0. The second-order valence-corrected chi connectivity index (χ2v) is 3.72. The molecule has 1 heterocycles. The smallest absolute Gasteiger partial charge is 0.335 e. The van der Waals surface area contributed by atoms with Gasteiger partial charge in [0.05, 0.1) is 5.56 Å². The maximum absolute atomic E-state index is 11.8. The van der Waals surface area contributed by atoms with E-state index < -0.39 is 5.97 Å². The van der Waals surface area contributed by atoms with Gasteiger partial charge >= 0.3 is 5.97 Å². The van der Waals surface area contributed by atoms with Gasteiger partial charge in [-0.2, -0.15) is 5.21 Å². The van der Waals surface area contributed by atoms with Gasteiger partial charge in [-0.05, 0) is 18.2 Å². The van der Waals surface area contributed by atoms with Crippen molar-refractivity contribution in [3.05, 3.63) is 41.2 Å². The molecular formula is C11H11N5O3. The topological polar surface area (TPSA) is 121 Å². The first kappa shape index (κ1) is 12.7. The number of aromatic nitrogens is 4. The zero-order valence-electron chi connectivity index (χ0n) is 9.83. The number of aromatic carboxylic acids is 1. The molecule has 8 nitrogen and oxygen atoms in total. The molecule has 0 aliphatic rings. The van der Waals surface area contributed by atoms with Gasteiger partial charge in [0.2, 0.25) is 0 Å². The summed E-state index contributed by atoms with van der Waals surface area (Å²) < 4.78 is 0. The molecule has 0 fully saturated rings. The number of carboxylic acid groups (broad SMARTS) is 1. The van der Waals surface area contributed by atoms with Crippen LogP contribution in [0.2, 0.25) is 0 Å². The molecule has 0 atom stereocenters. The van der Waals surface area contributed by atoms with Crippen molar-refractivity contribution < 1.29 is 14.7 Å². The normalized spacial score (nSPS) is 10.1. The number of carbonyl (C=O) groups is 2. The predicted octanol–water partition coefficient (Wildman–Crippen LogP) is -0.130. The van der Waals surface area contributed by atoms with E-state index in [0.29, 0.717) is 24.4 Å². The molecule has 0 bridgehead atoms. The number of hydrogen-bond donors (Lipinski definition) is 3. The van der Waals surface area contributed by atoms with Crippen LogP contribution in [0.4, 0.5) is 0 Å². The summed E-state index contributed by atoms with van der Waals surface area (Å²) in [6, 6.07) is 5.83. The monoisotopic (exact) mass is 261 g/mol. The Hall–Kier alpha value is -2.77. The van der Waals surface area contributed by atoms with Gasteiger partial charge in [0.15, 0.2) is 5.82 Å². The Balaban J connectivity index is 1.92. The fourth-order valence-electron chi connectivity index (χ4n) is 1.47. The van der Waals surface area contributed by atoms with Gasteiger partial charge in [-0.25, -0.2) is 4.79 Å². The van der Waals surface area contributed by atoms with Crippen molar-refractivity contribution in [1.29, 1.82) is 0 Å². The van der Waals surface area contributed by atoms with Crippen molar-refractivity contribution >= 4 is 11.9 Å². The molecule has 1 aromatic carbocycles. The Kier molecular flexibility index (Phi) is 3.81. The quantitative estimate of drug-likeness (QED) is 0.689. The fourth-order valence-corrected chi connectivity index (χ4v) is 1.47. The molecule has 19 heavy (non-hydrogen) atoms. The van der Waals surface area contributed by atoms with Crippen molar-refractivity contribution in [3.8, 4) is 0 Å². The molecule has 0 saturated carbocycles. The summed E-state index contributed by atoms with van der Waals surface area (Å²) in [5, 5.41) is 24.7. The minimum Gasteiger partial charge on any atom is -0.478 e. The molecule has 1 amide bonds. The highest BCUT2D eigenvalue weighted by atomic mass is 16.4. The van der Waals surface area contributed by atoms with E-state index in [4.69, 9.17) is 5.11 Å². The molecule has 98 valence electrons. The number of carbonyl (C=O) groups excluding carboxylic acids is 1. The molecule has 3 N–H and O–H groups in total. The van der Waals surface area contributed by atoms with Gasteiger partial charge in [0.25, 0.3) is 5.91 Å². The van der Waals surface area contributed by atoms with Crippen molar-refractivity contribution in [2.75, 3.05) is 6.54 Å². The standard InChI is InChI=1S/C11H11N5O3/c17-10(12-5-4-9-13-15-16-14-9)7-2-1-3-8(6-7)11(18)19/h1-3,6H,4-5H2,(H,12,17)(H,18,19)(H,13,14,15,16). The predicted molar refractivity (Wildman–Crippen MR) is 63.6 cm³/mol. The molecular weight excluding hydrogens is 250 g/mol. The summed E-state index contributed by atoms with van der Waals surface area (Å²) in [4.78, 5) is 22.6. The van der Waals surface area contributed by atoms with Gasteiger partial charge < -0.3 is 10.4 Å². The van der Waals surface area contributed by atoms with Crippen LogP contribution in [0.25, 0.3) is 0 Å². The summed E-state index contributed by atoms with van der Waals surface area (Å²) in [5.41, 5.74) is 0.374. The van der Waals surface area contributed by atoms with Gasteiger partial charge in [-0.1, -0.05) is 11.3 Å². The third kappa shape index (κ3) is 3.35. The summed E-state index contributed by atoms with van der Waals surface area (Å²) >= 11 is 0. The molecule has 0 saturated heterocycles. The fraction of sp³-hybridized carbons (Fsp3) is 0.182. The second-order valence-electron chi connectivity index (χ2n) is 3.72. The van der Waals surface area contributed by atoms with E-state index in [0.717, 1.165) is 0 Å². The van der Waals surface area contributed by atoms with Crippen LogP contribution < -0.4 is 5.32 Å². The van der Waals surface area contributed by atoms with E-state index in [9.17, 15) is 9.59 Å². The number of benzene rings is 1. The molecule has 2 rings (SSSR count). The second kappa shape index (κ2) is 5.71. The number of carboxylic acids is 1. The Morgan fingerprint density at radius 2 is 2.11 bits per heavy atom. The average Bonchev–Trinajstić information content (AvgIpc) is 2.92. The zero-order valence-corrected chi connectivity index (χ0v) is 9.83. The van der Waals surface area contributed by atoms with Crippen LogP contribution in [0.3, 0.4) is 0 Å². The SMILES string of the molecule is O=C(O)c1cccc(C(=O)NCCc2nn[nH]n2)c1. The first-order valence-corrected chi connectivity index (χ1v) is 5.50. The Bertz CT molecular complexity index is 582. The lowest BCUT2D eigenvalue weighted by atomic mass is 10.1. The van der Waals surface area contributed by atoms with E-state index in [1.54, 1.807) is 6.07 Å². The number of rotatable bonds is 5. The third-order valence-corrected chi connectivity index (χ3v) is 2.40. The molecule has 8 heteroatoms. The summed E-state index contributed by atoms with van der Waals surface area (Å²) in [6.07, 6.45) is 0.445. The van der Waals surface area contributed by atoms with E-state index in [1.165, 1.54) is 18.2 Å². The molecule has 2 aromatic rings. The van der Waals surface area contributed by atoms with Crippen LogP contribution in [-0.2, 0) is 6.42 Å². The first-order valence-electron chi connectivity index (χ1n) is 5.50. The molecule has 0 spiro atoms. The lowest BCUT2D eigenvalue weighted by Gasteiger charge is -2.04. The average molecular weight is 261 g/mol. The first-order chi connectivity index (χ1) is 9.16. The molecule has 1 aromatic heterocycles. The Morgan fingerprint density at radius 3 is 2.79 bits per heavy atom. The van der Waals surface area contributed by atoms with Crippen LogP contribution in [0.1, 0.15) is 26.5 Å². The maximum Gasteiger partial charge on any atom is 0.335 e. The summed E-state index contributed by atoms with van der Waals surface area (Å²) in [5.74, 6) is -0.910. The van der Waals surface area contributed by atoms with Crippen LogP contribution in [0.5, 0.6) is 0 Å². The number of H-pyrrole nitrogens is 1. The van der Waals surface area contributed by atoms with Crippen molar-refractivity contribution in [2.45, 2.75) is 6.42 Å². The van der Waals surface area contributed by atoms with E-state index in [-0.39, 0.29) is 11.5 Å². The number of tetrazole rings is 1. The third-order valence-electron chi connectivity index (χ3n) is 2.40. The minimum atomic E-state index is -1.07. The zero-order chi connectivity index (χ0) is 13.7. The highest BCUT2D eigenvalue weighted by Gasteiger charge is 2.09. The summed E-state index contributed by atoms with van der Waals surface area (Å²) in [6.45, 7) is 0.343. The van der Waals surface area contributed by atoms with Gasteiger partial charge in [-0.3, -0.25) is 4.79 Å². The number of aromatic amines is 1. The van der Waals surface area contributed by atoms with Crippen LogP contribution in [0.15, 0.2) is 24.3 Å². The van der Waals surface area contributed by atoms with Gasteiger partial charge in [0.1, 0.15) is 0 Å². The van der Waals surface area contributed by atoms with Crippen LogP contribution in [0, 0.1) is 0 Å². The van der Waals surface area contributed by atoms with Crippen molar-refractivity contribution in [1.82, 2.24) is 25.9 Å². The number of amides is 1. The minimum absolute atomic E-state index is 0.0748. The highest BCUT2D eigenvalue weighted by Crippen LogP contribution is 2.05. The molecule has 0 aliphatic carbocycles. The van der Waals surface area contributed by atoms with E-state index in [2.05, 4.69) is 25.9 Å². The highest BCUT2D eigenvalue weighted by molar-refractivity contribution is 5.97. The lowest BCUT2D eigenvalue weighted by Crippen LogP contribution is -2.26. The van der Waals surface area contributed by atoms with Crippen molar-refractivity contribution in [2.24, 2.45) is 0 Å². The van der Waals surface area contributed by atoms with Crippen LogP contribution >= 0.6 is 0 Å². The Labute approximate surface area is 107 Å². The Morgan fingerprint density at radius 1 is 1.32 bits per heavy atom. The maximum atomic E-state index is 11.8. The van der Waals surface area contributed by atoms with Gasteiger partial charge in [-0.15, -0.1) is 10.2 Å². The largest absolute Gasteiger partial charge is 0.478 e. The van der Waals surface area contributed by atoms with Crippen molar-refractivity contribution in [3.63, 3.8) is 0 Å². The lowest BCUT2D eigenvalue weighted by molar-refractivity contribution is 0.0697. The number of nitrogens with zero attached hydrogens (tertiary/aromatic N) is 3. The van der Waals surface area contributed by atoms with Gasteiger partial charge in [0, 0.05) is 18.5 Å². The molecule has 0 unspecified atom stereocenters. The molecule has 0 radical (unpaired) electrons. The van der Waals surface area contributed by atoms with E-state index >= 15 is 0 Å². The molecule has 0 aliphatic heterocycles.